The van der Waals surface area contributed by atoms with Gasteiger partial charge in [0.05, 0.1) is 11.4 Å². The van der Waals surface area contributed by atoms with Gasteiger partial charge in [-0.1, -0.05) is 45.2 Å². The Morgan fingerprint density at radius 3 is 2.66 bits per heavy atom. The van der Waals surface area contributed by atoms with Gasteiger partial charge >= 0.3 is 0 Å². The highest BCUT2D eigenvalue weighted by molar-refractivity contribution is 7.98. The summed E-state index contributed by atoms with van der Waals surface area (Å²) in [5.41, 5.74) is 2.99. The molecule has 0 fully saturated rings. The topological polar surface area (TPSA) is 70.2 Å². The predicted octanol–water partition coefficient (Wildman–Crippen LogP) is 5.44. The van der Waals surface area contributed by atoms with Crippen LogP contribution in [0, 0.1) is 11.7 Å². The Balaban J connectivity index is 1.53. The Hall–Kier alpha value is -2.54. The van der Waals surface area contributed by atoms with Gasteiger partial charge in [0.1, 0.15) is 11.9 Å². The van der Waals surface area contributed by atoms with Crippen molar-refractivity contribution in [3.63, 3.8) is 0 Å². The minimum absolute atomic E-state index is 0.117. The molecule has 1 heterocycles. The number of unbranched alkanes of at least 4 members (excludes halogenated alkanes) is 1. The maximum atomic E-state index is 13.0. The second-order valence-electron chi connectivity index (χ2n) is 8.21. The Morgan fingerprint density at radius 1 is 1.16 bits per heavy atom. The van der Waals surface area contributed by atoms with Gasteiger partial charge in [-0.2, -0.15) is 11.8 Å². The third-order valence-electron chi connectivity index (χ3n) is 5.75. The molecular weight excluding hydrogens is 425 g/mol. The molecule has 0 aliphatic carbocycles. The molecule has 2 amide bonds. The number of rotatable bonds is 11. The summed E-state index contributed by atoms with van der Waals surface area (Å²) in [5.74, 6) is 1.29. The zero-order chi connectivity index (χ0) is 22.9. The number of carbonyl (C=O) groups excluding carboxylic acids is 2. The Bertz CT molecular complexity index is 920. The van der Waals surface area contributed by atoms with Crippen LogP contribution >= 0.6 is 11.8 Å². The summed E-state index contributed by atoms with van der Waals surface area (Å²) in [5, 5.41) is 9.22. The maximum Gasteiger partial charge on any atom is 0.251 e. The number of amides is 2. The lowest BCUT2D eigenvalue weighted by Crippen LogP contribution is -2.40. The van der Waals surface area contributed by atoms with E-state index in [4.69, 9.17) is 0 Å². The highest BCUT2D eigenvalue weighted by Crippen LogP contribution is 2.29. The Morgan fingerprint density at radius 2 is 1.94 bits per heavy atom. The van der Waals surface area contributed by atoms with Gasteiger partial charge in [-0.15, -0.1) is 0 Å². The van der Waals surface area contributed by atoms with E-state index in [1.54, 1.807) is 36.0 Å². The normalized spacial score (nSPS) is 16.0. The van der Waals surface area contributed by atoms with Crippen molar-refractivity contribution in [1.82, 2.24) is 5.32 Å². The van der Waals surface area contributed by atoms with Crippen LogP contribution in [-0.2, 0) is 10.5 Å². The number of thioether (sulfide) groups is 1. The van der Waals surface area contributed by atoms with Gasteiger partial charge in [-0.25, -0.2) is 4.39 Å². The molecule has 2 aromatic carbocycles. The third-order valence-corrected chi connectivity index (χ3v) is 6.85. The van der Waals surface area contributed by atoms with E-state index >= 15 is 0 Å². The van der Waals surface area contributed by atoms with Crippen molar-refractivity contribution in [3.8, 4) is 0 Å². The standard InChI is InChI=1S/C25H32FN3O2S/c1-3-5-6-17(4-2)14-27-24(30)19-9-12-21-22(13-19)29-25(31)23(28-21)16-32-15-18-7-10-20(26)11-8-18/h7-13,17,23,28H,3-6,14-16H2,1-2H3,(H,27,30)(H,29,31)/t17-,23-/m1/s1. The number of hydrogen-bond donors (Lipinski definition) is 3. The van der Waals surface area contributed by atoms with Crippen LogP contribution in [0.4, 0.5) is 15.8 Å². The number of halogens is 1. The highest BCUT2D eigenvalue weighted by Gasteiger charge is 2.26. The number of hydrogen-bond acceptors (Lipinski definition) is 4. The fourth-order valence-corrected chi connectivity index (χ4v) is 4.68. The van der Waals surface area contributed by atoms with E-state index in [0.717, 1.165) is 30.5 Å². The molecule has 0 unspecified atom stereocenters. The zero-order valence-corrected chi connectivity index (χ0v) is 19.6. The number of nitrogens with one attached hydrogen (secondary N) is 3. The van der Waals surface area contributed by atoms with Crippen molar-refractivity contribution in [3.05, 3.63) is 59.4 Å². The Kier molecular flexibility index (Phi) is 8.97. The summed E-state index contributed by atoms with van der Waals surface area (Å²) in [6.07, 6.45) is 4.50. The van der Waals surface area contributed by atoms with E-state index < -0.39 is 0 Å². The molecule has 0 spiro atoms. The van der Waals surface area contributed by atoms with Crippen LogP contribution in [0.5, 0.6) is 0 Å². The SMILES string of the molecule is CCCC[C@@H](CC)CNC(=O)c1ccc2c(c1)NC(=O)[C@@H](CSCc1ccc(F)cc1)N2. The molecular formula is C25H32FN3O2S. The first-order valence-electron chi connectivity index (χ1n) is 11.3. The number of carbonyl (C=O) groups is 2. The quantitative estimate of drug-likeness (QED) is 0.420. The fraction of sp³-hybridized carbons (Fsp3) is 0.440. The first-order valence-corrected chi connectivity index (χ1v) is 12.5. The number of anilines is 2. The van der Waals surface area contributed by atoms with Crippen molar-refractivity contribution in [1.29, 1.82) is 0 Å². The molecule has 0 saturated heterocycles. The number of benzene rings is 2. The van der Waals surface area contributed by atoms with Crippen molar-refractivity contribution in [2.45, 2.75) is 51.3 Å². The summed E-state index contributed by atoms with van der Waals surface area (Å²) < 4.78 is 13.0. The van der Waals surface area contributed by atoms with Crippen LogP contribution in [0.25, 0.3) is 0 Å². The average molecular weight is 458 g/mol. The van der Waals surface area contributed by atoms with Gasteiger partial charge in [0.25, 0.3) is 5.91 Å². The van der Waals surface area contributed by atoms with Crippen LogP contribution in [0.15, 0.2) is 42.5 Å². The minimum atomic E-state index is -0.364. The van der Waals surface area contributed by atoms with E-state index in [1.165, 1.54) is 18.6 Å². The van der Waals surface area contributed by atoms with E-state index in [0.29, 0.717) is 35.2 Å². The second kappa shape index (κ2) is 11.9. The average Bonchev–Trinajstić information content (AvgIpc) is 2.80. The number of fused-ring (bicyclic) bond motifs is 1. The molecule has 172 valence electrons. The molecule has 5 nitrogen and oxygen atoms in total. The van der Waals surface area contributed by atoms with Gasteiger partial charge in [0.2, 0.25) is 5.91 Å². The molecule has 1 aliphatic heterocycles. The molecule has 0 radical (unpaired) electrons. The van der Waals surface area contributed by atoms with E-state index in [9.17, 15) is 14.0 Å². The first kappa shape index (κ1) is 24.1. The van der Waals surface area contributed by atoms with E-state index in [-0.39, 0.29) is 23.7 Å². The summed E-state index contributed by atoms with van der Waals surface area (Å²) in [6.45, 7) is 5.00. The third kappa shape index (κ3) is 6.73. The highest BCUT2D eigenvalue weighted by atomic mass is 32.2. The van der Waals surface area contributed by atoms with Crippen LogP contribution in [-0.4, -0.2) is 30.2 Å². The molecule has 3 N–H and O–H groups in total. The molecule has 1 aliphatic rings. The monoisotopic (exact) mass is 457 g/mol. The molecule has 0 saturated carbocycles. The van der Waals surface area contributed by atoms with E-state index in [1.807, 2.05) is 6.07 Å². The molecule has 3 rings (SSSR count). The minimum Gasteiger partial charge on any atom is -0.371 e. The second-order valence-corrected chi connectivity index (χ2v) is 9.24. The summed E-state index contributed by atoms with van der Waals surface area (Å²) >= 11 is 1.61. The van der Waals surface area contributed by atoms with Gasteiger partial charge < -0.3 is 16.0 Å². The first-order chi connectivity index (χ1) is 15.5. The summed E-state index contributed by atoms with van der Waals surface area (Å²) in [6, 6.07) is 11.4. The fourth-order valence-electron chi connectivity index (χ4n) is 3.66. The molecule has 0 bridgehead atoms. The zero-order valence-electron chi connectivity index (χ0n) is 18.7. The van der Waals surface area contributed by atoms with Crippen molar-refractivity contribution >= 4 is 35.0 Å². The maximum absolute atomic E-state index is 13.0. The predicted molar refractivity (Wildman–Crippen MR) is 131 cm³/mol. The van der Waals surface area contributed by atoms with Gasteiger partial charge in [-0.05, 0) is 48.2 Å². The summed E-state index contributed by atoms with van der Waals surface area (Å²) in [7, 11) is 0. The largest absolute Gasteiger partial charge is 0.371 e. The lowest BCUT2D eigenvalue weighted by molar-refractivity contribution is -0.116. The van der Waals surface area contributed by atoms with Gasteiger partial charge in [0, 0.05) is 23.6 Å². The van der Waals surface area contributed by atoms with Crippen LogP contribution in [0.1, 0.15) is 55.5 Å². The van der Waals surface area contributed by atoms with Crippen LogP contribution in [0.2, 0.25) is 0 Å². The molecule has 0 aromatic heterocycles. The lowest BCUT2D eigenvalue weighted by atomic mass is 9.99. The van der Waals surface area contributed by atoms with Crippen LogP contribution in [0.3, 0.4) is 0 Å². The molecule has 2 atom stereocenters. The molecule has 7 heteroatoms. The van der Waals surface area contributed by atoms with Crippen molar-refractivity contribution in [2.24, 2.45) is 5.92 Å². The van der Waals surface area contributed by atoms with Gasteiger partial charge in [-0.3, -0.25) is 9.59 Å². The van der Waals surface area contributed by atoms with Crippen LogP contribution < -0.4 is 16.0 Å². The summed E-state index contributed by atoms with van der Waals surface area (Å²) in [4.78, 5) is 25.1. The molecule has 2 aromatic rings. The van der Waals surface area contributed by atoms with Gasteiger partial charge in [0.15, 0.2) is 0 Å². The van der Waals surface area contributed by atoms with Crippen molar-refractivity contribution in [2.75, 3.05) is 22.9 Å². The smallest absolute Gasteiger partial charge is 0.251 e. The van der Waals surface area contributed by atoms with Crippen molar-refractivity contribution < 1.29 is 14.0 Å². The molecule has 32 heavy (non-hydrogen) atoms. The van der Waals surface area contributed by atoms with E-state index in [2.05, 4.69) is 29.8 Å². The lowest BCUT2D eigenvalue weighted by Gasteiger charge is -2.27. The Labute approximate surface area is 193 Å².